The molecule has 9 nitrogen and oxygen atoms in total. The summed E-state index contributed by atoms with van der Waals surface area (Å²) in [6.07, 6.45) is 0.471. The van der Waals surface area contributed by atoms with E-state index < -0.39 is 40.2 Å². The van der Waals surface area contributed by atoms with Crippen LogP contribution in [0.4, 0.5) is 10.5 Å². The highest BCUT2D eigenvalue weighted by Gasteiger charge is 2.43. The van der Waals surface area contributed by atoms with E-state index in [1.807, 2.05) is 0 Å². The summed E-state index contributed by atoms with van der Waals surface area (Å²) in [5.74, 6) is -2.53. The van der Waals surface area contributed by atoms with Gasteiger partial charge in [-0.3, -0.25) is 23.6 Å². The summed E-state index contributed by atoms with van der Waals surface area (Å²) in [6.45, 7) is 1.34. The van der Waals surface area contributed by atoms with Gasteiger partial charge in [-0.1, -0.05) is 0 Å². The lowest BCUT2D eigenvalue weighted by molar-refractivity contribution is -0.142. The number of anilines is 1. The summed E-state index contributed by atoms with van der Waals surface area (Å²) >= 11 is 0. The van der Waals surface area contributed by atoms with E-state index >= 15 is 0 Å². The summed E-state index contributed by atoms with van der Waals surface area (Å²) in [5.41, 5.74) is 1.49. The number of urea groups is 1. The molecule has 0 aromatic heterocycles. The monoisotopic (exact) mass is 379 g/mol. The number of amides is 4. The molecule has 10 heteroatoms. The standard InChI is InChI=1S/C16H17N3O6S/c1-3-26(24,25)19-7-6-10-8-11(4-5-12(10)19)13(20)9-18-15(22)14(21)17(2)16(18)23/h4-5,8H,3,6-7,9H2,1-2H3. The number of ketones is 1. The average Bonchev–Trinajstić information content (AvgIpc) is 3.13. The molecule has 26 heavy (non-hydrogen) atoms. The number of nitrogens with zero attached hydrogens (tertiary/aromatic N) is 3. The molecule has 0 radical (unpaired) electrons. The SMILES string of the molecule is CCS(=O)(=O)N1CCc2cc(C(=O)CN3C(=O)C(=O)N(C)C3=O)ccc21. The number of carbonyl (C=O) groups excluding carboxylic acids is 4. The lowest BCUT2D eigenvalue weighted by atomic mass is 10.0. The lowest BCUT2D eigenvalue weighted by Crippen LogP contribution is -2.36. The summed E-state index contributed by atoms with van der Waals surface area (Å²) in [4.78, 5) is 48.8. The van der Waals surface area contributed by atoms with Gasteiger partial charge >= 0.3 is 17.8 Å². The van der Waals surface area contributed by atoms with Gasteiger partial charge in [-0.05, 0) is 37.1 Å². The van der Waals surface area contributed by atoms with Crippen LogP contribution in [-0.2, 0) is 26.0 Å². The van der Waals surface area contributed by atoms with Crippen LogP contribution in [0.5, 0.6) is 0 Å². The van der Waals surface area contributed by atoms with Crippen molar-refractivity contribution in [3.8, 4) is 0 Å². The summed E-state index contributed by atoms with van der Waals surface area (Å²) in [5, 5.41) is 0. The van der Waals surface area contributed by atoms with Crippen LogP contribution in [0.15, 0.2) is 18.2 Å². The number of sulfonamides is 1. The minimum Gasteiger partial charge on any atom is -0.292 e. The van der Waals surface area contributed by atoms with Crippen LogP contribution in [-0.4, -0.2) is 67.7 Å². The Hall–Kier alpha value is -2.75. The Morgan fingerprint density at radius 3 is 2.42 bits per heavy atom. The zero-order valence-electron chi connectivity index (χ0n) is 14.3. The molecule has 0 bridgehead atoms. The minimum absolute atomic E-state index is 0.0200. The topological polar surface area (TPSA) is 112 Å². The molecule has 0 unspecified atom stereocenters. The second-order valence-corrected chi connectivity index (χ2v) is 8.21. The molecule has 0 atom stereocenters. The minimum atomic E-state index is -3.38. The van der Waals surface area contributed by atoms with E-state index in [4.69, 9.17) is 0 Å². The van der Waals surface area contributed by atoms with Gasteiger partial charge in [0, 0.05) is 19.2 Å². The normalized spacial score (nSPS) is 17.3. The number of likely N-dealkylation sites (N-methyl/N-ethyl adjacent to an activating group) is 1. The molecule has 1 fully saturated rings. The van der Waals surface area contributed by atoms with E-state index in [9.17, 15) is 27.6 Å². The molecule has 0 aliphatic carbocycles. The van der Waals surface area contributed by atoms with Gasteiger partial charge in [0.2, 0.25) is 10.0 Å². The second kappa shape index (κ2) is 6.20. The van der Waals surface area contributed by atoms with E-state index in [0.29, 0.717) is 34.0 Å². The first-order valence-electron chi connectivity index (χ1n) is 7.97. The zero-order valence-corrected chi connectivity index (χ0v) is 15.1. The molecule has 0 spiro atoms. The van der Waals surface area contributed by atoms with Gasteiger partial charge in [-0.25, -0.2) is 18.1 Å². The van der Waals surface area contributed by atoms with Crippen molar-refractivity contribution in [3.63, 3.8) is 0 Å². The smallest absolute Gasteiger partial charge is 0.292 e. The van der Waals surface area contributed by atoms with Crippen LogP contribution in [0.1, 0.15) is 22.8 Å². The molecular weight excluding hydrogens is 362 g/mol. The van der Waals surface area contributed by atoms with Gasteiger partial charge in [0.05, 0.1) is 18.0 Å². The quantitative estimate of drug-likeness (QED) is 0.404. The molecule has 1 saturated heterocycles. The third-order valence-corrected chi connectivity index (χ3v) is 6.29. The predicted molar refractivity (Wildman–Crippen MR) is 91.2 cm³/mol. The lowest BCUT2D eigenvalue weighted by Gasteiger charge is -2.18. The highest BCUT2D eigenvalue weighted by molar-refractivity contribution is 7.92. The van der Waals surface area contributed by atoms with Crippen molar-refractivity contribution in [2.75, 3.05) is 30.2 Å². The average molecular weight is 379 g/mol. The molecule has 1 aromatic rings. The highest BCUT2D eigenvalue weighted by atomic mass is 32.2. The molecule has 1 aromatic carbocycles. The first-order chi connectivity index (χ1) is 12.2. The molecule has 4 amide bonds. The van der Waals surface area contributed by atoms with Crippen LogP contribution < -0.4 is 4.31 Å². The highest BCUT2D eigenvalue weighted by Crippen LogP contribution is 2.31. The van der Waals surface area contributed by atoms with Gasteiger partial charge in [0.25, 0.3) is 0 Å². The predicted octanol–water partition coefficient (Wildman–Crippen LogP) is 0.00210. The Morgan fingerprint density at radius 1 is 1.15 bits per heavy atom. The number of hydrogen-bond acceptors (Lipinski definition) is 6. The number of benzene rings is 1. The van der Waals surface area contributed by atoms with E-state index in [-0.39, 0.29) is 11.3 Å². The summed E-state index contributed by atoms with van der Waals surface area (Å²) in [7, 11) is -2.21. The molecule has 0 N–H and O–H groups in total. The Kier molecular flexibility index (Phi) is 4.31. The number of rotatable bonds is 5. The molecule has 2 heterocycles. The number of fused-ring (bicyclic) bond motifs is 1. The van der Waals surface area contributed by atoms with Crippen LogP contribution in [0, 0.1) is 0 Å². The third-order valence-electron chi connectivity index (χ3n) is 4.51. The van der Waals surface area contributed by atoms with E-state index in [2.05, 4.69) is 0 Å². The van der Waals surface area contributed by atoms with E-state index in [1.54, 1.807) is 19.1 Å². The third kappa shape index (κ3) is 2.75. The molecule has 138 valence electrons. The maximum absolute atomic E-state index is 12.4. The Bertz CT molecular complexity index is 939. The van der Waals surface area contributed by atoms with Crippen LogP contribution >= 0.6 is 0 Å². The fourth-order valence-electron chi connectivity index (χ4n) is 2.98. The number of imide groups is 2. The Labute approximate surface area is 150 Å². The molecule has 0 saturated carbocycles. The largest absolute Gasteiger partial charge is 0.334 e. The molecule has 3 rings (SSSR count). The fraction of sp³-hybridized carbons (Fsp3) is 0.375. The first-order valence-corrected chi connectivity index (χ1v) is 9.58. The van der Waals surface area contributed by atoms with Crippen LogP contribution in [0.25, 0.3) is 0 Å². The van der Waals surface area contributed by atoms with E-state index in [1.165, 1.54) is 17.4 Å². The van der Waals surface area contributed by atoms with Crippen molar-refractivity contribution in [3.05, 3.63) is 29.3 Å². The molecular formula is C16H17N3O6S. The van der Waals surface area contributed by atoms with Crippen LogP contribution in [0.2, 0.25) is 0 Å². The van der Waals surface area contributed by atoms with Gasteiger partial charge < -0.3 is 0 Å². The Balaban J connectivity index is 1.82. The van der Waals surface area contributed by atoms with E-state index in [0.717, 1.165) is 0 Å². The van der Waals surface area contributed by atoms with Gasteiger partial charge in [0.1, 0.15) is 0 Å². The van der Waals surface area contributed by atoms with Gasteiger partial charge in [-0.2, -0.15) is 0 Å². The fourth-order valence-corrected chi connectivity index (χ4v) is 4.14. The molecule has 2 aliphatic heterocycles. The molecule has 2 aliphatic rings. The second-order valence-electron chi connectivity index (χ2n) is 6.03. The maximum atomic E-state index is 12.4. The van der Waals surface area contributed by atoms with Crippen molar-refractivity contribution >= 4 is 39.3 Å². The van der Waals surface area contributed by atoms with Gasteiger partial charge in [0.15, 0.2) is 5.78 Å². The number of carbonyl (C=O) groups is 4. The summed E-state index contributed by atoms with van der Waals surface area (Å²) < 4.78 is 25.5. The zero-order chi connectivity index (χ0) is 19.2. The van der Waals surface area contributed by atoms with Crippen molar-refractivity contribution in [2.24, 2.45) is 0 Å². The maximum Gasteiger partial charge on any atom is 0.334 e. The van der Waals surface area contributed by atoms with Crippen molar-refractivity contribution < 1.29 is 27.6 Å². The Morgan fingerprint density at radius 2 is 1.85 bits per heavy atom. The van der Waals surface area contributed by atoms with Gasteiger partial charge in [-0.15, -0.1) is 0 Å². The number of Topliss-reactive ketones (excluding diaryl/α,β-unsaturated/α-hetero) is 1. The van der Waals surface area contributed by atoms with Crippen LogP contribution in [0.3, 0.4) is 0 Å². The summed E-state index contributed by atoms with van der Waals surface area (Å²) in [6, 6.07) is 3.74. The van der Waals surface area contributed by atoms with Crippen molar-refractivity contribution in [1.82, 2.24) is 9.80 Å². The first kappa shape index (κ1) is 18.1. The van der Waals surface area contributed by atoms with Crippen molar-refractivity contribution in [1.29, 1.82) is 0 Å². The van der Waals surface area contributed by atoms with Crippen molar-refractivity contribution in [2.45, 2.75) is 13.3 Å². The number of hydrogen-bond donors (Lipinski definition) is 0.